The number of rotatable bonds is 6. The van der Waals surface area contributed by atoms with Crippen LogP contribution in [0.3, 0.4) is 0 Å². The molecule has 0 saturated heterocycles. The van der Waals surface area contributed by atoms with Crippen molar-refractivity contribution in [2.24, 2.45) is 7.05 Å². The van der Waals surface area contributed by atoms with Crippen LogP contribution in [0.4, 0.5) is 0 Å². The first kappa shape index (κ1) is 14.2. The Bertz CT molecular complexity index is 378. The fraction of sp³-hybridized carbons (Fsp3) is 0.667. The summed E-state index contributed by atoms with van der Waals surface area (Å²) in [6.07, 6.45) is 2.73. The molecule has 1 heterocycles. The van der Waals surface area contributed by atoms with Crippen molar-refractivity contribution in [1.29, 1.82) is 0 Å². The molecule has 4 nitrogen and oxygen atoms in total. The molecule has 96 valence electrons. The van der Waals surface area contributed by atoms with Gasteiger partial charge >= 0.3 is 0 Å². The van der Waals surface area contributed by atoms with Crippen molar-refractivity contribution < 1.29 is 9.53 Å². The van der Waals surface area contributed by atoms with Crippen LogP contribution in [0.2, 0.25) is 5.02 Å². The van der Waals surface area contributed by atoms with Crippen LogP contribution in [-0.4, -0.2) is 27.8 Å². The van der Waals surface area contributed by atoms with E-state index >= 15 is 0 Å². The van der Waals surface area contributed by atoms with Gasteiger partial charge in [0.05, 0.1) is 11.2 Å². The molecule has 0 fully saturated rings. The average molecular weight is 259 g/mol. The predicted molar refractivity (Wildman–Crippen MR) is 67.5 cm³/mol. The fourth-order valence-corrected chi connectivity index (χ4v) is 2.25. The van der Waals surface area contributed by atoms with Gasteiger partial charge in [-0.05, 0) is 19.8 Å². The van der Waals surface area contributed by atoms with Crippen LogP contribution in [0.15, 0.2) is 6.20 Å². The quantitative estimate of drug-likeness (QED) is 0.737. The third kappa shape index (κ3) is 2.53. The summed E-state index contributed by atoms with van der Waals surface area (Å²) in [5.41, 5.74) is -0.365. The number of carbonyl (C=O) groups excluding carboxylic acids is 1. The van der Waals surface area contributed by atoms with Crippen molar-refractivity contribution in [1.82, 2.24) is 9.78 Å². The topological polar surface area (TPSA) is 44.1 Å². The summed E-state index contributed by atoms with van der Waals surface area (Å²) in [5.74, 6) is -0.0886. The van der Waals surface area contributed by atoms with E-state index in [1.165, 1.54) is 10.9 Å². The first-order valence-corrected chi connectivity index (χ1v) is 6.26. The molecule has 0 aliphatic heterocycles. The summed E-state index contributed by atoms with van der Waals surface area (Å²) in [6, 6.07) is 0. The third-order valence-corrected chi connectivity index (χ3v) is 3.36. The molecule has 0 atom stereocenters. The molecule has 1 aromatic rings. The van der Waals surface area contributed by atoms with Gasteiger partial charge in [0, 0.05) is 13.7 Å². The molecule has 1 aromatic heterocycles. The van der Waals surface area contributed by atoms with E-state index in [9.17, 15) is 4.79 Å². The summed E-state index contributed by atoms with van der Waals surface area (Å²) in [7, 11) is 1.71. The minimum Gasteiger partial charge on any atom is -0.367 e. The van der Waals surface area contributed by atoms with Crippen LogP contribution in [0.25, 0.3) is 0 Å². The second-order valence-electron chi connectivity index (χ2n) is 3.93. The van der Waals surface area contributed by atoms with Crippen LogP contribution < -0.4 is 0 Å². The van der Waals surface area contributed by atoms with Gasteiger partial charge in [-0.15, -0.1) is 0 Å². The summed E-state index contributed by atoms with van der Waals surface area (Å²) in [5, 5.41) is 4.37. The molecule has 17 heavy (non-hydrogen) atoms. The van der Waals surface area contributed by atoms with E-state index in [2.05, 4.69) is 5.10 Å². The van der Waals surface area contributed by atoms with Gasteiger partial charge < -0.3 is 4.74 Å². The molecule has 0 bridgehead atoms. The van der Waals surface area contributed by atoms with Crippen molar-refractivity contribution in [2.75, 3.05) is 6.61 Å². The summed E-state index contributed by atoms with van der Waals surface area (Å²) < 4.78 is 7.18. The smallest absolute Gasteiger partial charge is 0.214 e. The van der Waals surface area contributed by atoms with Crippen LogP contribution in [0.5, 0.6) is 0 Å². The molecule has 0 aliphatic rings. The monoisotopic (exact) mass is 258 g/mol. The van der Waals surface area contributed by atoms with Crippen molar-refractivity contribution in [3.05, 3.63) is 16.9 Å². The Kier molecular flexibility index (Phi) is 4.71. The van der Waals surface area contributed by atoms with Gasteiger partial charge in [0.1, 0.15) is 11.3 Å². The largest absolute Gasteiger partial charge is 0.367 e. The zero-order chi connectivity index (χ0) is 13.1. The zero-order valence-corrected chi connectivity index (χ0v) is 11.5. The molecule has 0 aliphatic carbocycles. The normalized spacial score (nSPS) is 11.8. The van der Waals surface area contributed by atoms with E-state index < -0.39 is 5.60 Å². The number of aryl methyl sites for hydroxylation is 1. The number of nitrogens with zero attached hydrogens (tertiary/aromatic N) is 2. The molecule has 0 saturated carbocycles. The molecule has 0 radical (unpaired) electrons. The summed E-state index contributed by atoms with van der Waals surface area (Å²) in [4.78, 5) is 12.6. The lowest BCUT2D eigenvalue weighted by Crippen LogP contribution is -2.41. The van der Waals surface area contributed by atoms with Crippen molar-refractivity contribution in [3.63, 3.8) is 0 Å². The Morgan fingerprint density at radius 3 is 2.41 bits per heavy atom. The van der Waals surface area contributed by atoms with Gasteiger partial charge in [-0.1, -0.05) is 25.4 Å². The highest BCUT2D eigenvalue weighted by Crippen LogP contribution is 2.28. The number of aromatic nitrogens is 2. The maximum atomic E-state index is 12.6. The van der Waals surface area contributed by atoms with E-state index in [4.69, 9.17) is 16.3 Å². The number of hydrogen-bond donors (Lipinski definition) is 0. The number of ether oxygens (including phenoxy) is 1. The minimum atomic E-state index is -0.786. The van der Waals surface area contributed by atoms with E-state index in [1.54, 1.807) is 7.05 Å². The Morgan fingerprint density at radius 1 is 1.47 bits per heavy atom. The van der Waals surface area contributed by atoms with Gasteiger partial charge in [0.15, 0.2) is 0 Å². The Hall–Kier alpha value is -0.870. The van der Waals surface area contributed by atoms with Gasteiger partial charge in [0.2, 0.25) is 5.78 Å². The number of carbonyl (C=O) groups is 1. The van der Waals surface area contributed by atoms with E-state index in [0.29, 0.717) is 30.2 Å². The van der Waals surface area contributed by atoms with Crippen LogP contribution >= 0.6 is 11.6 Å². The van der Waals surface area contributed by atoms with Crippen LogP contribution in [0, 0.1) is 0 Å². The minimum absolute atomic E-state index is 0.0886. The molecule has 0 unspecified atom stereocenters. The predicted octanol–water partition coefficient (Wildman–Crippen LogP) is 2.85. The van der Waals surface area contributed by atoms with Gasteiger partial charge in [-0.3, -0.25) is 9.48 Å². The second kappa shape index (κ2) is 5.65. The third-order valence-electron chi connectivity index (χ3n) is 3.09. The average Bonchev–Trinajstić information content (AvgIpc) is 2.65. The highest BCUT2D eigenvalue weighted by Gasteiger charge is 2.38. The highest BCUT2D eigenvalue weighted by molar-refractivity contribution is 6.34. The number of Topliss-reactive ketones (excluding diaryl/α,β-unsaturated/α-hetero) is 1. The van der Waals surface area contributed by atoms with Crippen LogP contribution in [0.1, 0.15) is 44.1 Å². The molecular formula is C12H19ClN2O2. The molecular weight excluding hydrogens is 240 g/mol. The Labute approximate surface area is 107 Å². The van der Waals surface area contributed by atoms with Crippen molar-refractivity contribution in [2.45, 2.75) is 39.2 Å². The zero-order valence-electron chi connectivity index (χ0n) is 10.8. The second-order valence-corrected chi connectivity index (χ2v) is 4.34. The molecule has 0 amide bonds. The summed E-state index contributed by atoms with van der Waals surface area (Å²) in [6.45, 7) is 6.28. The van der Waals surface area contributed by atoms with Crippen molar-refractivity contribution in [3.8, 4) is 0 Å². The molecule has 0 N–H and O–H groups in total. The van der Waals surface area contributed by atoms with E-state index in [0.717, 1.165) is 0 Å². The number of halogens is 1. The molecule has 0 spiro atoms. The first-order valence-electron chi connectivity index (χ1n) is 5.88. The maximum absolute atomic E-state index is 12.6. The van der Waals surface area contributed by atoms with E-state index in [1.807, 2.05) is 20.8 Å². The van der Waals surface area contributed by atoms with E-state index in [-0.39, 0.29) is 5.78 Å². The molecule has 5 heteroatoms. The molecule has 1 rings (SSSR count). The van der Waals surface area contributed by atoms with Crippen molar-refractivity contribution >= 4 is 17.4 Å². The Balaban J connectivity index is 3.16. The fourth-order valence-electron chi connectivity index (χ4n) is 2.00. The van der Waals surface area contributed by atoms with Gasteiger partial charge in [-0.25, -0.2) is 0 Å². The van der Waals surface area contributed by atoms with Gasteiger partial charge in [-0.2, -0.15) is 5.10 Å². The van der Waals surface area contributed by atoms with Gasteiger partial charge in [0.25, 0.3) is 0 Å². The maximum Gasteiger partial charge on any atom is 0.214 e. The lowest BCUT2D eigenvalue weighted by atomic mass is 9.90. The number of ketones is 1. The molecule has 0 aromatic carbocycles. The standard InChI is InChI=1S/C12H19ClN2O2/c1-5-12(6-2,17-7-3)11(16)10-9(13)8-14-15(10)4/h8H,5-7H2,1-4H3. The lowest BCUT2D eigenvalue weighted by molar-refractivity contribution is -0.0256. The highest BCUT2D eigenvalue weighted by atomic mass is 35.5. The SMILES string of the molecule is CCOC(CC)(CC)C(=O)c1c(Cl)cnn1C. The van der Waals surface area contributed by atoms with Crippen LogP contribution in [-0.2, 0) is 11.8 Å². The lowest BCUT2D eigenvalue weighted by Gasteiger charge is -2.29. The first-order chi connectivity index (χ1) is 8.02. The summed E-state index contributed by atoms with van der Waals surface area (Å²) >= 11 is 6.00. The Morgan fingerprint density at radius 2 is 2.06 bits per heavy atom. The number of hydrogen-bond acceptors (Lipinski definition) is 3.